The number of sulfonamides is 1. The number of carbonyl (C=O) groups is 1. The Morgan fingerprint density at radius 1 is 1.11 bits per heavy atom. The van der Waals surface area contributed by atoms with E-state index in [4.69, 9.17) is 11.6 Å². The topological polar surface area (TPSA) is 70.9 Å². The molecule has 1 heterocycles. The Balaban J connectivity index is 1.56. The van der Waals surface area contributed by atoms with Gasteiger partial charge in [-0.1, -0.05) is 35.4 Å². The fourth-order valence-electron chi connectivity index (χ4n) is 3.24. The Hall–Kier alpha value is -1.93. The van der Waals surface area contributed by atoms with E-state index in [0.717, 1.165) is 16.0 Å². The van der Waals surface area contributed by atoms with Crippen molar-refractivity contribution >= 4 is 33.2 Å². The molecule has 28 heavy (non-hydrogen) atoms. The quantitative estimate of drug-likeness (QED) is 0.766. The number of nitrogens with zero attached hydrogens (tertiary/aromatic N) is 1. The first-order valence-corrected chi connectivity index (χ1v) is 11.0. The van der Waals surface area contributed by atoms with Gasteiger partial charge in [0.2, 0.25) is 10.0 Å². The molecule has 1 saturated heterocycles. The summed E-state index contributed by atoms with van der Waals surface area (Å²) in [6, 6.07) is 12.3. The number of carbonyl (C=O) groups excluding carboxylic acids is 1. The van der Waals surface area contributed by atoms with Crippen molar-refractivity contribution in [2.45, 2.75) is 18.7 Å². The molecular weight excluding hydrogens is 398 g/mol. The number of halogens is 1. The number of hydrogen-bond acceptors (Lipinski definition) is 3. The molecule has 1 aliphatic rings. The Morgan fingerprint density at radius 2 is 1.75 bits per heavy atom. The van der Waals surface area contributed by atoms with E-state index >= 15 is 0 Å². The molecule has 0 saturated carbocycles. The monoisotopic (exact) mass is 422 g/mol. The van der Waals surface area contributed by atoms with E-state index < -0.39 is 10.0 Å². The molecule has 0 radical (unpaired) electrons. The fourth-order valence-corrected chi connectivity index (χ4v) is 4.86. The number of piperazine rings is 1. The van der Waals surface area contributed by atoms with Crippen LogP contribution in [0.15, 0.2) is 47.4 Å². The molecule has 2 aromatic rings. The van der Waals surface area contributed by atoms with Gasteiger partial charge in [0.15, 0.2) is 6.54 Å². The van der Waals surface area contributed by atoms with Gasteiger partial charge in [0.05, 0.1) is 31.1 Å². The summed E-state index contributed by atoms with van der Waals surface area (Å²) in [5.74, 6) is -0.102. The van der Waals surface area contributed by atoms with Crippen molar-refractivity contribution in [2.75, 3.05) is 38.0 Å². The van der Waals surface area contributed by atoms with E-state index in [0.29, 0.717) is 48.3 Å². The van der Waals surface area contributed by atoms with Crippen LogP contribution in [0.1, 0.15) is 11.1 Å². The lowest BCUT2D eigenvalue weighted by molar-refractivity contribution is -0.895. The minimum Gasteiger partial charge on any atom is -0.325 e. The fraction of sp³-hybridized carbons (Fsp3) is 0.350. The maximum atomic E-state index is 12.8. The van der Waals surface area contributed by atoms with Gasteiger partial charge in [0.25, 0.3) is 5.91 Å². The average molecular weight is 423 g/mol. The smallest absolute Gasteiger partial charge is 0.279 e. The van der Waals surface area contributed by atoms with Crippen molar-refractivity contribution in [1.82, 2.24) is 4.31 Å². The second-order valence-electron chi connectivity index (χ2n) is 7.10. The van der Waals surface area contributed by atoms with Gasteiger partial charge in [-0.05, 0) is 43.7 Å². The summed E-state index contributed by atoms with van der Waals surface area (Å²) in [5.41, 5.74) is 2.56. The third kappa shape index (κ3) is 4.72. The van der Waals surface area contributed by atoms with Gasteiger partial charge in [-0.15, -0.1) is 0 Å². The third-order valence-electron chi connectivity index (χ3n) is 5.04. The van der Waals surface area contributed by atoms with Gasteiger partial charge in [0.1, 0.15) is 0 Å². The van der Waals surface area contributed by atoms with Crippen molar-refractivity contribution in [2.24, 2.45) is 0 Å². The molecule has 3 rings (SSSR count). The maximum absolute atomic E-state index is 12.8. The van der Waals surface area contributed by atoms with E-state index in [1.807, 2.05) is 19.9 Å². The van der Waals surface area contributed by atoms with Gasteiger partial charge >= 0.3 is 0 Å². The zero-order valence-corrected chi connectivity index (χ0v) is 17.6. The Bertz CT molecular complexity index is 953. The van der Waals surface area contributed by atoms with Crippen LogP contribution >= 0.6 is 11.6 Å². The molecule has 1 amide bonds. The van der Waals surface area contributed by atoms with Crippen LogP contribution < -0.4 is 10.2 Å². The molecule has 150 valence electrons. The third-order valence-corrected chi connectivity index (χ3v) is 7.36. The minimum atomic E-state index is -3.48. The summed E-state index contributed by atoms with van der Waals surface area (Å²) in [4.78, 5) is 13.7. The van der Waals surface area contributed by atoms with Gasteiger partial charge < -0.3 is 10.2 Å². The zero-order chi connectivity index (χ0) is 20.3. The second kappa shape index (κ2) is 8.61. The number of anilines is 1. The number of aryl methyl sites for hydroxylation is 1. The highest BCUT2D eigenvalue weighted by molar-refractivity contribution is 7.89. The number of amides is 1. The number of quaternary nitrogens is 1. The molecule has 0 bridgehead atoms. The molecule has 0 aromatic heterocycles. The van der Waals surface area contributed by atoms with E-state index in [-0.39, 0.29) is 5.91 Å². The lowest BCUT2D eigenvalue weighted by Crippen LogP contribution is -3.15. The Morgan fingerprint density at radius 3 is 2.39 bits per heavy atom. The lowest BCUT2D eigenvalue weighted by Gasteiger charge is -2.31. The first kappa shape index (κ1) is 20.8. The molecule has 8 heteroatoms. The van der Waals surface area contributed by atoms with Crippen LogP contribution in [0.5, 0.6) is 0 Å². The van der Waals surface area contributed by atoms with E-state index in [1.165, 1.54) is 4.31 Å². The molecule has 0 unspecified atom stereocenters. The SMILES string of the molecule is Cc1ccc(S(=O)(=O)N2CC[NH+](CC(=O)Nc3cccc(Cl)c3C)CC2)cc1. The number of rotatable bonds is 5. The van der Waals surface area contributed by atoms with Gasteiger partial charge in [-0.25, -0.2) is 8.42 Å². The molecule has 0 spiro atoms. The molecule has 1 fully saturated rings. The molecule has 1 aliphatic heterocycles. The highest BCUT2D eigenvalue weighted by atomic mass is 35.5. The molecule has 0 atom stereocenters. The predicted molar refractivity (Wildman–Crippen MR) is 110 cm³/mol. The number of hydrogen-bond donors (Lipinski definition) is 2. The number of nitrogens with one attached hydrogen (secondary N) is 2. The normalized spacial score (nSPS) is 16.1. The maximum Gasteiger partial charge on any atom is 0.279 e. The Kier molecular flexibility index (Phi) is 6.40. The standard InChI is InChI=1S/C20H24ClN3O3S/c1-15-6-8-17(9-7-15)28(26,27)24-12-10-23(11-13-24)14-20(25)22-19-5-3-4-18(21)16(19)2/h3-9H,10-14H2,1-2H3,(H,22,25)/p+1. The van der Waals surface area contributed by atoms with Crippen molar-refractivity contribution in [3.63, 3.8) is 0 Å². The van der Waals surface area contributed by atoms with Gasteiger partial charge in [-0.2, -0.15) is 4.31 Å². The van der Waals surface area contributed by atoms with Crippen LogP contribution in [0.3, 0.4) is 0 Å². The predicted octanol–water partition coefficient (Wildman–Crippen LogP) is 1.48. The van der Waals surface area contributed by atoms with Crippen molar-refractivity contribution < 1.29 is 18.1 Å². The Labute approximate surface area is 171 Å². The summed E-state index contributed by atoms with van der Waals surface area (Å²) in [7, 11) is -3.48. The van der Waals surface area contributed by atoms with Crippen LogP contribution in [-0.2, 0) is 14.8 Å². The first-order chi connectivity index (χ1) is 13.3. The first-order valence-electron chi connectivity index (χ1n) is 9.23. The van der Waals surface area contributed by atoms with Crippen LogP contribution in [-0.4, -0.2) is 51.4 Å². The largest absolute Gasteiger partial charge is 0.325 e. The highest BCUT2D eigenvalue weighted by Gasteiger charge is 2.31. The van der Waals surface area contributed by atoms with Crippen LogP contribution in [0.25, 0.3) is 0 Å². The van der Waals surface area contributed by atoms with E-state index in [1.54, 1.807) is 36.4 Å². The van der Waals surface area contributed by atoms with Crippen molar-refractivity contribution in [1.29, 1.82) is 0 Å². The molecule has 2 aromatic carbocycles. The van der Waals surface area contributed by atoms with Crippen LogP contribution in [0.2, 0.25) is 5.02 Å². The number of benzene rings is 2. The summed E-state index contributed by atoms with van der Waals surface area (Å²) < 4.78 is 27.0. The highest BCUT2D eigenvalue weighted by Crippen LogP contribution is 2.22. The minimum absolute atomic E-state index is 0.102. The molecule has 2 N–H and O–H groups in total. The van der Waals surface area contributed by atoms with Crippen molar-refractivity contribution in [3.8, 4) is 0 Å². The average Bonchev–Trinajstić information content (AvgIpc) is 2.66. The van der Waals surface area contributed by atoms with Gasteiger partial charge in [0, 0.05) is 10.7 Å². The van der Waals surface area contributed by atoms with Crippen molar-refractivity contribution in [3.05, 3.63) is 58.6 Å². The van der Waals surface area contributed by atoms with E-state index in [2.05, 4.69) is 5.32 Å². The van der Waals surface area contributed by atoms with Gasteiger partial charge in [-0.3, -0.25) is 4.79 Å². The molecule has 0 aliphatic carbocycles. The van der Waals surface area contributed by atoms with Crippen LogP contribution in [0, 0.1) is 13.8 Å². The summed E-state index contributed by atoms with van der Waals surface area (Å²) in [5, 5.41) is 3.51. The lowest BCUT2D eigenvalue weighted by atomic mass is 10.2. The summed E-state index contributed by atoms with van der Waals surface area (Å²) in [6.07, 6.45) is 0. The zero-order valence-electron chi connectivity index (χ0n) is 16.0. The summed E-state index contributed by atoms with van der Waals surface area (Å²) >= 11 is 6.09. The summed E-state index contributed by atoms with van der Waals surface area (Å²) in [6.45, 7) is 6.06. The van der Waals surface area contributed by atoms with E-state index in [9.17, 15) is 13.2 Å². The second-order valence-corrected chi connectivity index (χ2v) is 9.45. The van der Waals surface area contributed by atoms with Crippen LogP contribution in [0.4, 0.5) is 5.69 Å². The molecule has 6 nitrogen and oxygen atoms in total. The molecular formula is C20H25ClN3O3S+.